The van der Waals surface area contributed by atoms with E-state index in [1.165, 1.54) is 40.9 Å². The molecule has 8 heteroatoms. The second-order valence-electron chi connectivity index (χ2n) is 5.71. The van der Waals surface area contributed by atoms with Crippen molar-refractivity contribution in [3.63, 3.8) is 0 Å². The minimum atomic E-state index is -4.47. The van der Waals surface area contributed by atoms with Crippen LogP contribution in [0.4, 0.5) is 13.2 Å². The first-order chi connectivity index (χ1) is 11.8. The van der Waals surface area contributed by atoms with Gasteiger partial charge < -0.3 is 4.90 Å². The quantitative estimate of drug-likeness (QED) is 0.730. The standard InChI is InChI=1S/C17H15F3N4O/c1-11-7-8-24-15(22-11)13(9-21-24)16(25)23(2)10-12-5-3-4-6-14(12)17(18,19)20/h3-9H,10H2,1-2H3. The van der Waals surface area contributed by atoms with Crippen molar-refractivity contribution in [3.8, 4) is 0 Å². The summed E-state index contributed by atoms with van der Waals surface area (Å²) in [5.74, 6) is -0.440. The lowest BCUT2D eigenvalue weighted by atomic mass is 10.1. The van der Waals surface area contributed by atoms with Gasteiger partial charge in [0.15, 0.2) is 5.65 Å². The number of carbonyl (C=O) groups is 1. The maximum absolute atomic E-state index is 13.1. The van der Waals surface area contributed by atoms with Gasteiger partial charge in [0.25, 0.3) is 5.91 Å². The minimum Gasteiger partial charge on any atom is -0.337 e. The smallest absolute Gasteiger partial charge is 0.337 e. The maximum Gasteiger partial charge on any atom is 0.416 e. The summed E-state index contributed by atoms with van der Waals surface area (Å²) in [7, 11) is 1.45. The second kappa shape index (κ2) is 6.19. The van der Waals surface area contributed by atoms with E-state index in [-0.39, 0.29) is 17.7 Å². The number of hydrogen-bond donors (Lipinski definition) is 0. The van der Waals surface area contributed by atoms with Crippen molar-refractivity contribution in [2.75, 3.05) is 7.05 Å². The van der Waals surface area contributed by atoms with Crippen LogP contribution in [0.25, 0.3) is 5.65 Å². The highest BCUT2D eigenvalue weighted by Crippen LogP contribution is 2.32. The van der Waals surface area contributed by atoms with Crippen LogP contribution in [0, 0.1) is 6.92 Å². The fraction of sp³-hybridized carbons (Fsp3) is 0.235. The predicted molar refractivity (Wildman–Crippen MR) is 85.0 cm³/mol. The number of hydrogen-bond acceptors (Lipinski definition) is 3. The third kappa shape index (κ3) is 3.33. The van der Waals surface area contributed by atoms with Crippen LogP contribution in [0.3, 0.4) is 0 Å². The van der Waals surface area contributed by atoms with Gasteiger partial charge >= 0.3 is 6.18 Å². The molecule has 2 aromatic heterocycles. The molecule has 3 aromatic rings. The lowest BCUT2D eigenvalue weighted by molar-refractivity contribution is -0.138. The molecule has 1 amide bonds. The van der Waals surface area contributed by atoms with Gasteiger partial charge in [-0.15, -0.1) is 0 Å². The van der Waals surface area contributed by atoms with Crippen LogP contribution in [0.15, 0.2) is 42.7 Å². The third-order valence-corrected chi connectivity index (χ3v) is 3.82. The summed E-state index contributed by atoms with van der Waals surface area (Å²) in [5.41, 5.74) is 0.624. The Labute approximate surface area is 141 Å². The molecule has 1 aromatic carbocycles. The van der Waals surface area contributed by atoms with E-state index < -0.39 is 17.6 Å². The van der Waals surface area contributed by atoms with Crippen molar-refractivity contribution in [1.29, 1.82) is 0 Å². The van der Waals surface area contributed by atoms with Gasteiger partial charge in [0.2, 0.25) is 0 Å². The number of aromatic nitrogens is 3. The Hall–Kier alpha value is -2.90. The normalized spacial score (nSPS) is 11.7. The van der Waals surface area contributed by atoms with E-state index in [1.807, 2.05) is 0 Å². The molecule has 25 heavy (non-hydrogen) atoms. The predicted octanol–water partition coefficient (Wildman–Crippen LogP) is 3.33. The van der Waals surface area contributed by atoms with Crippen LogP contribution in [0.1, 0.15) is 27.2 Å². The molecule has 0 aliphatic carbocycles. The topological polar surface area (TPSA) is 50.5 Å². The van der Waals surface area contributed by atoms with Crippen LogP contribution in [0.2, 0.25) is 0 Å². The number of fused-ring (bicyclic) bond motifs is 1. The number of benzene rings is 1. The summed E-state index contributed by atoms with van der Waals surface area (Å²) < 4.78 is 40.8. The second-order valence-corrected chi connectivity index (χ2v) is 5.71. The molecule has 5 nitrogen and oxygen atoms in total. The van der Waals surface area contributed by atoms with E-state index in [0.717, 1.165) is 6.07 Å². The lowest BCUT2D eigenvalue weighted by Gasteiger charge is -2.19. The Bertz CT molecular complexity index is 933. The molecule has 0 saturated carbocycles. The van der Waals surface area contributed by atoms with E-state index >= 15 is 0 Å². The first-order valence-electron chi connectivity index (χ1n) is 7.49. The highest BCUT2D eigenvalue weighted by Gasteiger charge is 2.33. The van der Waals surface area contributed by atoms with E-state index in [9.17, 15) is 18.0 Å². The van der Waals surface area contributed by atoms with E-state index in [0.29, 0.717) is 11.3 Å². The van der Waals surface area contributed by atoms with Crippen molar-refractivity contribution < 1.29 is 18.0 Å². The van der Waals surface area contributed by atoms with Gasteiger partial charge in [-0.2, -0.15) is 18.3 Å². The van der Waals surface area contributed by atoms with Crippen LogP contribution >= 0.6 is 0 Å². The largest absolute Gasteiger partial charge is 0.416 e. The van der Waals surface area contributed by atoms with Gasteiger partial charge in [-0.25, -0.2) is 9.50 Å². The maximum atomic E-state index is 13.1. The van der Waals surface area contributed by atoms with Crippen LogP contribution in [0.5, 0.6) is 0 Å². The summed E-state index contributed by atoms with van der Waals surface area (Å²) >= 11 is 0. The van der Waals surface area contributed by atoms with Gasteiger partial charge in [-0.3, -0.25) is 4.79 Å². The lowest BCUT2D eigenvalue weighted by Crippen LogP contribution is -2.27. The highest BCUT2D eigenvalue weighted by atomic mass is 19.4. The number of halogens is 3. The molecule has 0 aliphatic rings. The number of amides is 1. The van der Waals surface area contributed by atoms with Gasteiger partial charge in [-0.05, 0) is 24.6 Å². The summed E-state index contributed by atoms with van der Waals surface area (Å²) in [6.07, 6.45) is -1.42. The molecular formula is C17H15F3N4O. The molecule has 0 unspecified atom stereocenters. The van der Waals surface area contributed by atoms with Crippen molar-refractivity contribution >= 4 is 11.6 Å². The fourth-order valence-electron chi connectivity index (χ4n) is 2.58. The minimum absolute atomic E-state index is 0.0338. The van der Waals surface area contributed by atoms with Crippen molar-refractivity contribution in [3.05, 3.63) is 65.1 Å². The Balaban J connectivity index is 1.90. The molecule has 0 fully saturated rings. The van der Waals surface area contributed by atoms with E-state index in [4.69, 9.17) is 0 Å². The number of rotatable bonds is 3. The monoisotopic (exact) mass is 348 g/mol. The molecule has 0 aliphatic heterocycles. The molecule has 0 bridgehead atoms. The summed E-state index contributed by atoms with van der Waals surface area (Å²) in [6.45, 7) is 1.61. The van der Waals surface area contributed by atoms with E-state index in [1.54, 1.807) is 19.2 Å². The van der Waals surface area contributed by atoms with Gasteiger partial charge in [0.05, 0.1) is 11.8 Å². The molecule has 130 valence electrons. The SMILES string of the molecule is Cc1ccn2ncc(C(=O)N(C)Cc3ccccc3C(F)(F)F)c2n1. The van der Waals surface area contributed by atoms with Crippen molar-refractivity contribution in [2.24, 2.45) is 0 Å². The summed E-state index contributed by atoms with van der Waals surface area (Å²) in [5, 5.41) is 4.05. The zero-order valence-corrected chi connectivity index (χ0v) is 13.6. The van der Waals surface area contributed by atoms with Crippen molar-refractivity contribution in [1.82, 2.24) is 19.5 Å². The zero-order chi connectivity index (χ0) is 18.2. The van der Waals surface area contributed by atoms with Gasteiger partial charge in [0, 0.05) is 25.5 Å². The Morgan fingerprint density at radius 2 is 1.96 bits per heavy atom. The van der Waals surface area contributed by atoms with E-state index in [2.05, 4.69) is 10.1 Å². The Morgan fingerprint density at radius 1 is 1.24 bits per heavy atom. The molecule has 0 N–H and O–H groups in total. The van der Waals surface area contributed by atoms with Crippen LogP contribution < -0.4 is 0 Å². The number of nitrogens with zero attached hydrogens (tertiary/aromatic N) is 4. The molecule has 0 radical (unpaired) electrons. The number of carbonyl (C=O) groups excluding carboxylic acids is 1. The summed E-state index contributed by atoms with van der Waals surface area (Å²) in [4.78, 5) is 18.2. The molecule has 0 saturated heterocycles. The molecule has 0 spiro atoms. The molecule has 3 rings (SSSR count). The van der Waals surface area contributed by atoms with Gasteiger partial charge in [0.1, 0.15) is 5.56 Å². The molecule has 0 atom stereocenters. The van der Waals surface area contributed by atoms with Crippen LogP contribution in [-0.2, 0) is 12.7 Å². The first kappa shape index (κ1) is 16.9. The number of alkyl halides is 3. The Kier molecular flexibility index (Phi) is 4.20. The third-order valence-electron chi connectivity index (χ3n) is 3.82. The number of aryl methyl sites for hydroxylation is 1. The van der Waals surface area contributed by atoms with Gasteiger partial charge in [-0.1, -0.05) is 18.2 Å². The molecular weight excluding hydrogens is 333 g/mol. The van der Waals surface area contributed by atoms with Crippen LogP contribution in [-0.4, -0.2) is 32.5 Å². The Morgan fingerprint density at radius 3 is 2.68 bits per heavy atom. The fourth-order valence-corrected chi connectivity index (χ4v) is 2.58. The molecule has 2 heterocycles. The zero-order valence-electron chi connectivity index (χ0n) is 13.6. The average Bonchev–Trinajstić information content (AvgIpc) is 2.96. The summed E-state index contributed by atoms with van der Waals surface area (Å²) in [6, 6.07) is 6.96. The average molecular weight is 348 g/mol. The first-order valence-corrected chi connectivity index (χ1v) is 7.49. The van der Waals surface area contributed by atoms with Crippen molar-refractivity contribution in [2.45, 2.75) is 19.6 Å². The highest BCUT2D eigenvalue weighted by molar-refractivity contribution is 5.99.